The van der Waals surface area contributed by atoms with Crippen LogP contribution in [0.25, 0.3) is 0 Å². The molecule has 6 nitrogen and oxygen atoms in total. The van der Waals surface area contributed by atoms with Gasteiger partial charge in [0.1, 0.15) is 11.6 Å². The van der Waals surface area contributed by atoms with Crippen molar-refractivity contribution in [2.75, 3.05) is 39.8 Å². The molecule has 166 valence electrons. The Labute approximate surface area is 186 Å². The minimum Gasteiger partial charge on any atom is -0.496 e. The first-order valence-corrected chi connectivity index (χ1v) is 10.7. The Bertz CT molecular complexity index is 899. The van der Waals surface area contributed by atoms with E-state index in [1.54, 1.807) is 7.11 Å². The third-order valence-corrected chi connectivity index (χ3v) is 5.56. The molecule has 31 heavy (non-hydrogen) atoms. The van der Waals surface area contributed by atoms with Crippen LogP contribution in [0.15, 0.2) is 42.5 Å². The highest BCUT2D eigenvalue weighted by atomic mass is 35.5. The zero-order valence-corrected chi connectivity index (χ0v) is 18.3. The number of ether oxygens (including phenoxy) is 1. The Hall–Kier alpha value is -2.64. The van der Waals surface area contributed by atoms with Crippen LogP contribution in [0.2, 0.25) is 5.02 Å². The number of hydrogen-bond donors (Lipinski definition) is 1. The lowest BCUT2D eigenvalue weighted by atomic mass is 10.1. The molecule has 1 heterocycles. The number of methoxy groups -OCH3 is 1. The fraction of sp³-hybridized carbons (Fsp3) is 0.391. The van der Waals surface area contributed by atoms with Gasteiger partial charge in [-0.1, -0.05) is 11.6 Å². The zero-order chi connectivity index (χ0) is 22.2. The monoisotopic (exact) mass is 447 g/mol. The molecule has 1 saturated heterocycles. The van der Waals surface area contributed by atoms with E-state index in [1.165, 1.54) is 24.3 Å². The second kappa shape index (κ2) is 11.1. The Morgan fingerprint density at radius 1 is 1.10 bits per heavy atom. The third kappa shape index (κ3) is 6.67. The number of halogens is 2. The van der Waals surface area contributed by atoms with Crippen molar-refractivity contribution in [3.8, 4) is 5.75 Å². The van der Waals surface area contributed by atoms with Gasteiger partial charge in [-0.25, -0.2) is 4.39 Å². The number of benzene rings is 2. The quantitative estimate of drug-likeness (QED) is 0.630. The van der Waals surface area contributed by atoms with E-state index in [4.69, 9.17) is 16.3 Å². The van der Waals surface area contributed by atoms with E-state index in [-0.39, 0.29) is 17.6 Å². The summed E-state index contributed by atoms with van der Waals surface area (Å²) in [5.41, 5.74) is 1.44. The number of piperazine rings is 1. The SMILES string of the molecule is COc1ccc(Cl)cc1CN1CCN(C(=O)CCCNC(=O)c2ccc(F)cc2)CC1. The lowest BCUT2D eigenvalue weighted by Gasteiger charge is -2.35. The molecule has 2 aromatic rings. The molecule has 0 aliphatic carbocycles. The summed E-state index contributed by atoms with van der Waals surface area (Å²) in [5, 5.41) is 3.44. The second-order valence-corrected chi connectivity index (χ2v) is 7.92. The minimum absolute atomic E-state index is 0.0935. The van der Waals surface area contributed by atoms with Gasteiger partial charge in [0.05, 0.1) is 7.11 Å². The van der Waals surface area contributed by atoms with Gasteiger partial charge in [-0.05, 0) is 48.9 Å². The molecule has 0 aromatic heterocycles. The van der Waals surface area contributed by atoms with Crippen molar-refractivity contribution in [1.82, 2.24) is 15.1 Å². The number of amides is 2. The zero-order valence-electron chi connectivity index (χ0n) is 17.6. The minimum atomic E-state index is -0.381. The molecule has 0 radical (unpaired) electrons. The van der Waals surface area contributed by atoms with Crippen LogP contribution >= 0.6 is 11.6 Å². The molecule has 0 spiro atoms. The highest BCUT2D eigenvalue weighted by Gasteiger charge is 2.21. The van der Waals surface area contributed by atoms with E-state index >= 15 is 0 Å². The average molecular weight is 448 g/mol. The predicted molar refractivity (Wildman–Crippen MR) is 118 cm³/mol. The summed E-state index contributed by atoms with van der Waals surface area (Å²) in [7, 11) is 1.64. The standard InChI is InChI=1S/C23H27ClFN3O3/c1-31-21-9-6-19(24)15-18(21)16-27-11-13-28(14-12-27)22(29)3-2-10-26-23(30)17-4-7-20(25)8-5-17/h4-9,15H,2-3,10-14,16H2,1H3,(H,26,30). The normalized spacial score (nSPS) is 14.4. The van der Waals surface area contributed by atoms with Gasteiger partial charge >= 0.3 is 0 Å². The number of hydrogen-bond acceptors (Lipinski definition) is 4. The fourth-order valence-electron chi connectivity index (χ4n) is 3.57. The molecule has 8 heteroatoms. The van der Waals surface area contributed by atoms with Gasteiger partial charge in [0, 0.05) is 61.8 Å². The maximum Gasteiger partial charge on any atom is 0.251 e. The summed E-state index contributed by atoms with van der Waals surface area (Å²) in [6.07, 6.45) is 0.942. The first kappa shape index (κ1) is 23.0. The van der Waals surface area contributed by atoms with Gasteiger partial charge in [0.2, 0.25) is 5.91 Å². The lowest BCUT2D eigenvalue weighted by Crippen LogP contribution is -2.48. The Morgan fingerprint density at radius 2 is 1.81 bits per heavy atom. The van der Waals surface area contributed by atoms with Crippen molar-refractivity contribution in [2.24, 2.45) is 0 Å². The first-order chi connectivity index (χ1) is 15.0. The third-order valence-electron chi connectivity index (χ3n) is 5.32. The van der Waals surface area contributed by atoms with Crippen LogP contribution in [0.4, 0.5) is 4.39 Å². The lowest BCUT2D eigenvalue weighted by molar-refractivity contribution is -0.133. The Morgan fingerprint density at radius 3 is 2.48 bits per heavy atom. The van der Waals surface area contributed by atoms with E-state index in [0.29, 0.717) is 43.1 Å². The van der Waals surface area contributed by atoms with Crippen molar-refractivity contribution >= 4 is 23.4 Å². The molecular formula is C23H27ClFN3O3. The first-order valence-electron chi connectivity index (χ1n) is 10.3. The molecule has 1 fully saturated rings. The smallest absolute Gasteiger partial charge is 0.251 e. The molecule has 1 aliphatic rings. The summed E-state index contributed by atoms with van der Waals surface area (Å²) >= 11 is 6.11. The molecule has 0 saturated carbocycles. The number of nitrogens with one attached hydrogen (secondary N) is 1. The van der Waals surface area contributed by atoms with E-state index in [2.05, 4.69) is 10.2 Å². The van der Waals surface area contributed by atoms with Crippen LogP contribution in [-0.4, -0.2) is 61.4 Å². The van der Waals surface area contributed by atoms with Gasteiger partial charge in [-0.2, -0.15) is 0 Å². The summed E-state index contributed by atoms with van der Waals surface area (Å²) in [4.78, 5) is 28.6. The van der Waals surface area contributed by atoms with Gasteiger partial charge in [0.15, 0.2) is 0 Å². The summed E-state index contributed by atoms with van der Waals surface area (Å²) < 4.78 is 18.3. The number of carbonyl (C=O) groups is 2. The molecular weight excluding hydrogens is 421 g/mol. The maximum atomic E-state index is 12.9. The summed E-state index contributed by atoms with van der Waals surface area (Å²) in [5.74, 6) is 0.257. The van der Waals surface area contributed by atoms with Gasteiger partial charge in [0.25, 0.3) is 5.91 Å². The van der Waals surface area contributed by atoms with Gasteiger partial charge in [-0.3, -0.25) is 14.5 Å². The van der Waals surface area contributed by atoms with Crippen molar-refractivity contribution in [1.29, 1.82) is 0 Å². The van der Waals surface area contributed by atoms with Crippen molar-refractivity contribution < 1.29 is 18.7 Å². The summed E-state index contributed by atoms with van der Waals surface area (Å²) in [6.45, 7) is 4.02. The molecule has 0 atom stereocenters. The second-order valence-electron chi connectivity index (χ2n) is 7.48. The fourth-order valence-corrected chi connectivity index (χ4v) is 3.76. The van der Waals surface area contributed by atoms with Crippen LogP contribution in [-0.2, 0) is 11.3 Å². The molecule has 0 unspecified atom stereocenters. The van der Waals surface area contributed by atoms with E-state index < -0.39 is 0 Å². The Balaban J connectivity index is 1.37. The van der Waals surface area contributed by atoms with Crippen LogP contribution in [0.3, 0.4) is 0 Å². The molecule has 3 rings (SSSR count). The van der Waals surface area contributed by atoms with Crippen molar-refractivity contribution in [3.05, 3.63) is 64.4 Å². The molecule has 0 bridgehead atoms. The number of carbonyl (C=O) groups excluding carboxylic acids is 2. The molecule has 1 aliphatic heterocycles. The van der Waals surface area contributed by atoms with Crippen molar-refractivity contribution in [2.45, 2.75) is 19.4 Å². The average Bonchev–Trinajstić information content (AvgIpc) is 2.77. The highest BCUT2D eigenvalue weighted by molar-refractivity contribution is 6.30. The van der Waals surface area contributed by atoms with Crippen LogP contribution in [0.5, 0.6) is 5.75 Å². The predicted octanol–water partition coefficient (Wildman–Crippen LogP) is 3.34. The van der Waals surface area contributed by atoms with Gasteiger partial charge < -0.3 is 15.0 Å². The topological polar surface area (TPSA) is 61.9 Å². The molecule has 1 N–H and O–H groups in total. The van der Waals surface area contributed by atoms with Gasteiger partial charge in [-0.15, -0.1) is 0 Å². The maximum absolute atomic E-state index is 12.9. The van der Waals surface area contributed by atoms with Crippen LogP contribution < -0.4 is 10.1 Å². The Kier molecular flexibility index (Phi) is 8.26. The molecule has 2 amide bonds. The number of rotatable bonds is 8. The van der Waals surface area contributed by atoms with Crippen LogP contribution in [0, 0.1) is 5.82 Å². The number of nitrogens with zero attached hydrogens (tertiary/aromatic N) is 2. The largest absolute Gasteiger partial charge is 0.496 e. The van der Waals surface area contributed by atoms with E-state index in [1.807, 2.05) is 23.1 Å². The summed E-state index contributed by atoms with van der Waals surface area (Å²) in [6, 6.07) is 11.0. The molecule has 2 aromatic carbocycles. The van der Waals surface area contributed by atoms with E-state index in [9.17, 15) is 14.0 Å². The highest BCUT2D eigenvalue weighted by Crippen LogP contribution is 2.24. The van der Waals surface area contributed by atoms with Crippen molar-refractivity contribution in [3.63, 3.8) is 0 Å². The van der Waals surface area contributed by atoms with Crippen LogP contribution in [0.1, 0.15) is 28.8 Å². The van der Waals surface area contributed by atoms with E-state index in [0.717, 1.165) is 30.9 Å².